The van der Waals surface area contributed by atoms with Crippen molar-refractivity contribution >= 4 is 18.7 Å². The van der Waals surface area contributed by atoms with Crippen LogP contribution in [0.15, 0.2) is 30.8 Å². The Balaban J connectivity index is 2.74. The molecule has 0 amide bonds. The molecule has 0 saturated heterocycles. The number of hydrogen-bond acceptors (Lipinski definition) is 2. The van der Waals surface area contributed by atoms with Gasteiger partial charge in [0.25, 0.3) is 0 Å². The van der Waals surface area contributed by atoms with Crippen LogP contribution in [0.2, 0.25) is 0 Å². The van der Waals surface area contributed by atoms with E-state index in [9.17, 15) is 0 Å². The zero-order chi connectivity index (χ0) is 8.10. The summed E-state index contributed by atoms with van der Waals surface area (Å²) in [4.78, 5) is 0. The SMILES string of the molecule is C=Cc1ccc(OCS)cc1. The summed E-state index contributed by atoms with van der Waals surface area (Å²) in [6.07, 6.45) is 1.80. The van der Waals surface area contributed by atoms with Crippen LogP contribution in [-0.2, 0) is 0 Å². The number of ether oxygens (including phenoxy) is 1. The number of benzene rings is 1. The first kappa shape index (κ1) is 8.21. The second-order valence-electron chi connectivity index (χ2n) is 2.05. The van der Waals surface area contributed by atoms with E-state index in [1.807, 2.05) is 24.3 Å². The molecule has 1 rings (SSSR count). The molecule has 0 atom stereocenters. The molecule has 0 fully saturated rings. The lowest BCUT2D eigenvalue weighted by Gasteiger charge is -2.01. The second kappa shape index (κ2) is 4.09. The summed E-state index contributed by atoms with van der Waals surface area (Å²) in [6.45, 7) is 3.65. The van der Waals surface area contributed by atoms with Crippen LogP contribution in [0, 0.1) is 0 Å². The summed E-state index contributed by atoms with van der Waals surface area (Å²) in [5, 5.41) is 0. The zero-order valence-electron chi connectivity index (χ0n) is 6.16. The van der Waals surface area contributed by atoms with Crippen LogP contribution in [0.4, 0.5) is 0 Å². The highest BCUT2D eigenvalue weighted by molar-refractivity contribution is 7.80. The van der Waals surface area contributed by atoms with E-state index in [1.165, 1.54) is 0 Å². The van der Waals surface area contributed by atoms with Crippen LogP contribution in [0.5, 0.6) is 5.75 Å². The number of rotatable bonds is 3. The molecule has 0 bridgehead atoms. The molecule has 0 heterocycles. The van der Waals surface area contributed by atoms with Gasteiger partial charge in [-0.25, -0.2) is 0 Å². The van der Waals surface area contributed by atoms with Gasteiger partial charge in [0.2, 0.25) is 0 Å². The van der Waals surface area contributed by atoms with E-state index < -0.39 is 0 Å². The van der Waals surface area contributed by atoms with Crippen LogP contribution in [0.3, 0.4) is 0 Å². The van der Waals surface area contributed by atoms with Gasteiger partial charge in [0.1, 0.15) is 11.7 Å². The monoisotopic (exact) mass is 166 g/mol. The van der Waals surface area contributed by atoms with E-state index in [-0.39, 0.29) is 0 Å². The molecule has 0 aromatic heterocycles. The van der Waals surface area contributed by atoms with E-state index >= 15 is 0 Å². The molecule has 1 aromatic carbocycles. The smallest absolute Gasteiger partial charge is 0.131 e. The van der Waals surface area contributed by atoms with Gasteiger partial charge in [-0.1, -0.05) is 24.8 Å². The maximum Gasteiger partial charge on any atom is 0.131 e. The van der Waals surface area contributed by atoms with E-state index in [2.05, 4.69) is 19.2 Å². The van der Waals surface area contributed by atoms with Crippen molar-refractivity contribution in [1.29, 1.82) is 0 Å². The number of thiol groups is 1. The lowest BCUT2D eigenvalue weighted by molar-refractivity contribution is 0.395. The summed E-state index contributed by atoms with van der Waals surface area (Å²) in [7, 11) is 0. The molecular weight excluding hydrogens is 156 g/mol. The molecule has 11 heavy (non-hydrogen) atoms. The predicted octanol–water partition coefficient (Wildman–Crippen LogP) is 2.60. The Morgan fingerprint density at radius 1 is 1.36 bits per heavy atom. The highest BCUT2D eigenvalue weighted by Gasteiger charge is 1.89. The Bertz CT molecular complexity index is 228. The molecule has 58 valence electrons. The van der Waals surface area contributed by atoms with Gasteiger partial charge >= 0.3 is 0 Å². The largest absolute Gasteiger partial charge is 0.483 e. The van der Waals surface area contributed by atoms with Gasteiger partial charge in [-0.3, -0.25) is 0 Å². The normalized spacial score (nSPS) is 9.18. The third-order valence-electron chi connectivity index (χ3n) is 1.35. The quantitative estimate of drug-likeness (QED) is 0.536. The van der Waals surface area contributed by atoms with Crippen molar-refractivity contribution in [2.24, 2.45) is 0 Å². The third-order valence-corrected chi connectivity index (χ3v) is 1.48. The minimum Gasteiger partial charge on any atom is -0.483 e. The van der Waals surface area contributed by atoms with E-state index in [1.54, 1.807) is 6.08 Å². The van der Waals surface area contributed by atoms with Crippen molar-refractivity contribution in [3.8, 4) is 5.75 Å². The molecule has 0 unspecified atom stereocenters. The standard InChI is InChI=1S/C9H10OS/c1-2-8-3-5-9(6-4-8)10-7-11/h2-6,11H,1,7H2. The maximum atomic E-state index is 5.14. The van der Waals surface area contributed by atoms with Gasteiger partial charge in [-0.05, 0) is 17.7 Å². The van der Waals surface area contributed by atoms with E-state index in [0.29, 0.717) is 5.94 Å². The zero-order valence-corrected chi connectivity index (χ0v) is 7.05. The first-order chi connectivity index (χ1) is 5.36. The first-order valence-electron chi connectivity index (χ1n) is 3.33. The van der Waals surface area contributed by atoms with Crippen molar-refractivity contribution in [1.82, 2.24) is 0 Å². The Morgan fingerprint density at radius 2 is 2.00 bits per heavy atom. The molecular formula is C9H10OS. The molecule has 1 aromatic rings. The fourth-order valence-electron chi connectivity index (χ4n) is 0.775. The van der Waals surface area contributed by atoms with Gasteiger partial charge in [0.05, 0.1) is 0 Å². The fourth-order valence-corrected chi connectivity index (χ4v) is 0.924. The first-order valence-corrected chi connectivity index (χ1v) is 3.96. The van der Waals surface area contributed by atoms with Crippen molar-refractivity contribution in [2.75, 3.05) is 5.94 Å². The van der Waals surface area contributed by atoms with Crippen LogP contribution in [0.25, 0.3) is 6.08 Å². The lowest BCUT2D eigenvalue weighted by Crippen LogP contribution is -1.87. The van der Waals surface area contributed by atoms with Crippen LogP contribution in [0.1, 0.15) is 5.56 Å². The maximum absolute atomic E-state index is 5.14. The Labute approximate surface area is 72.1 Å². The Hall–Kier alpha value is -0.890. The molecule has 0 spiro atoms. The van der Waals surface area contributed by atoms with Gasteiger partial charge in [0, 0.05) is 0 Å². The molecule has 0 radical (unpaired) electrons. The number of hydrogen-bond donors (Lipinski definition) is 1. The minimum atomic E-state index is 0.410. The molecule has 2 heteroatoms. The van der Waals surface area contributed by atoms with Gasteiger partial charge in [-0.15, -0.1) is 12.6 Å². The summed E-state index contributed by atoms with van der Waals surface area (Å²) in [6, 6.07) is 7.69. The van der Waals surface area contributed by atoms with Crippen molar-refractivity contribution in [2.45, 2.75) is 0 Å². The lowest BCUT2D eigenvalue weighted by atomic mass is 10.2. The van der Waals surface area contributed by atoms with Crippen molar-refractivity contribution in [3.05, 3.63) is 36.4 Å². The molecule has 0 aliphatic rings. The second-order valence-corrected chi connectivity index (χ2v) is 2.30. The summed E-state index contributed by atoms with van der Waals surface area (Å²) in [5.74, 6) is 1.25. The molecule has 0 aliphatic heterocycles. The summed E-state index contributed by atoms with van der Waals surface area (Å²) in [5.41, 5.74) is 1.09. The third kappa shape index (κ3) is 2.31. The van der Waals surface area contributed by atoms with E-state index in [0.717, 1.165) is 11.3 Å². The van der Waals surface area contributed by atoms with Crippen molar-refractivity contribution < 1.29 is 4.74 Å². The molecule has 0 aliphatic carbocycles. The molecule has 0 N–H and O–H groups in total. The van der Waals surface area contributed by atoms with Crippen LogP contribution < -0.4 is 4.74 Å². The van der Waals surface area contributed by atoms with Gasteiger partial charge in [-0.2, -0.15) is 0 Å². The van der Waals surface area contributed by atoms with Gasteiger partial charge in [0.15, 0.2) is 0 Å². The summed E-state index contributed by atoms with van der Waals surface area (Å²) >= 11 is 3.94. The minimum absolute atomic E-state index is 0.410. The average Bonchev–Trinajstić information content (AvgIpc) is 2.07. The van der Waals surface area contributed by atoms with Gasteiger partial charge < -0.3 is 4.74 Å². The molecule has 0 saturated carbocycles. The highest BCUT2D eigenvalue weighted by atomic mass is 32.1. The highest BCUT2D eigenvalue weighted by Crippen LogP contribution is 2.12. The van der Waals surface area contributed by atoms with Crippen LogP contribution >= 0.6 is 12.6 Å². The topological polar surface area (TPSA) is 9.23 Å². The molecule has 1 nitrogen and oxygen atoms in total. The average molecular weight is 166 g/mol. The van der Waals surface area contributed by atoms with Crippen molar-refractivity contribution in [3.63, 3.8) is 0 Å². The van der Waals surface area contributed by atoms with Crippen LogP contribution in [-0.4, -0.2) is 5.94 Å². The fraction of sp³-hybridized carbons (Fsp3) is 0.111. The Morgan fingerprint density at radius 3 is 2.45 bits per heavy atom. The summed E-state index contributed by atoms with van der Waals surface area (Å²) < 4.78 is 5.14. The predicted molar refractivity (Wildman–Crippen MR) is 51.0 cm³/mol. The Kier molecular flexibility index (Phi) is 3.05. The van der Waals surface area contributed by atoms with E-state index in [4.69, 9.17) is 4.74 Å².